The lowest BCUT2D eigenvalue weighted by molar-refractivity contribution is -0.146. The van der Waals surface area contributed by atoms with Crippen LogP contribution >= 0.6 is 0 Å². The Morgan fingerprint density at radius 3 is 1.96 bits per heavy atom. The molecule has 4 atom stereocenters. The molecule has 296 valence electrons. The van der Waals surface area contributed by atoms with Gasteiger partial charge in [-0.15, -0.1) is 0 Å². The number of rotatable bonds is 20. The first-order valence-electron chi connectivity index (χ1n) is 20.6. The van der Waals surface area contributed by atoms with Gasteiger partial charge in [-0.25, -0.2) is 0 Å². The molecule has 2 fully saturated rings. The van der Waals surface area contributed by atoms with Gasteiger partial charge >= 0.3 is 0 Å². The molecule has 1 aromatic carbocycles. The Kier molecular flexibility index (Phi) is 19.7. The van der Waals surface area contributed by atoms with E-state index in [1.54, 1.807) is 18.7 Å². The van der Waals surface area contributed by atoms with Gasteiger partial charge in [-0.1, -0.05) is 131 Å². The van der Waals surface area contributed by atoms with Crippen LogP contribution in [-0.2, 0) is 33.6 Å². The number of amides is 1. The Morgan fingerprint density at radius 1 is 0.774 bits per heavy atom. The van der Waals surface area contributed by atoms with E-state index in [0.29, 0.717) is 44.6 Å². The molecule has 1 saturated heterocycles. The van der Waals surface area contributed by atoms with Gasteiger partial charge in [0.1, 0.15) is 17.3 Å². The first-order valence-corrected chi connectivity index (χ1v) is 20.6. The van der Waals surface area contributed by atoms with Gasteiger partial charge < -0.3 is 4.90 Å². The molecule has 1 aromatic rings. The molecule has 3 rings (SSSR count). The van der Waals surface area contributed by atoms with Crippen LogP contribution in [0.3, 0.4) is 0 Å². The molecule has 8 nitrogen and oxygen atoms in total. The Labute approximate surface area is 320 Å². The fourth-order valence-electron chi connectivity index (χ4n) is 7.81. The summed E-state index contributed by atoms with van der Waals surface area (Å²) in [6.07, 6.45) is 9.07. The van der Waals surface area contributed by atoms with Gasteiger partial charge in [0, 0.05) is 68.7 Å². The molecule has 1 amide bonds. The van der Waals surface area contributed by atoms with Crippen LogP contribution in [0.1, 0.15) is 170 Å². The molecular weight excluding hydrogens is 666 g/mol. The summed E-state index contributed by atoms with van der Waals surface area (Å²) in [4.78, 5) is 95.0. The topological polar surface area (TPSA) is 123 Å². The first-order chi connectivity index (χ1) is 25.0. The van der Waals surface area contributed by atoms with E-state index in [0.717, 1.165) is 31.2 Å². The summed E-state index contributed by atoms with van der Waals surface area (Å²) in [6.45, 7) is 16.0. The van der Waals surface area contributed by atoms with E-state index >= 15 is 0 Å². The van der Waals surface area contributed by atoms with Crippen LogP contribution in [0.15, 0.2) is 30.3 Å². The number of Topliss-reactive ketones (excluding diaryl/α,β-unsaturated/α-hetero) is 6. The zero-order valence-electron chi connectivity index (χ0n) is 34.2. The minimum Gasteiger partial charge on any atom is -0.332 e. The lowest BCUT2D eigenvalue weighted by atomic mass is 9.75. The third-order valence-electron chi connectivity index (χ3n) is 10.8. The van der Waals surface area contributed by atoms with E-state index in [9.17, 15) is 33.6 Å². The van der Waals surface area contributed by atoms with E-state index < -0.39 is 40.8 Å². The van der Waals surface area contributed by atoms with Crippen molar-refractivity contribution in [3.8, 4) is 0 Å². The summed E-state index contributed by atoms with van der Waals surface area (Å²) in [5, 5.41) is 0. The van der Waals surface area contributed by atoms with Crippen molar-refractivity contribution in [3.63, 3.8) is 0 Å². The molecule has 53 heavy (non-hydrogen) atoms. The number of likely N-dealkylation sites (tertiary alicyclic amines) is 1. The van der Waals surface area contributed by atoms with E-state index in [4.69, 9.17) is 0 Å². The fourth-order valence-corrected chi connectivity index (χ4v) is 7.81. The summed E-state index contributed by atoms with van der Waals surface area (Å²) < 4.78 is 0. The first kappa shape index (κ1) is 45.9. The second-order valence-corrected chi connectivity index (χ2v) is 17.0. The monoisotopic (exact) mass is 736 g/mol. The Bertz CT molecular complexity index is 1370. The predicted molar refractivity (Wildman–Crippen MR) is 210 cm³/mol. The number of nitrogens with zero attached hydrogens (tertiary/aromatic N) is 1. The van der Waals surface area contributed by atoms with Crippen LogP contribution in [0.2, 0.25) is 0 Å². The fraction of sp³-hybridized carbons (Fsp3) is 0.711. The smallest absolute Gasteiger partial charge is 0.227 e. The maximum absolute atomic E-state index is 14.0. The maximum Gasteiger partial charge on any atom is 0.227 e. The summed E-state index contributed by atoms with van der Waals surface area (Å²) in [6, 6.07) is 8.44. The van der Waals surface area contributed by atoms with Crippen LogP contribution in [0, 0.1) is 29.1 Å². The summed E-state index contributed by atoms with van der Waals surface area (Å²) in [7, 11) is 0. The highest BCUT2D eigenvalue weighted by atomic mass is 16.2. The van der Waals surface area contributed by atoms with E-state index in [-0.39, 0.29) is 67.1 Å². The molecule has 0 bridgehead atoms. The summed E-state index contributed by atoms with van der Waals surface area (Å²) >= 11 is 0. The normalized spacial score (nSPS) is 18.1. The third-order valence-corrected chi connectivity index (χ3v) is 10.8. The lowest BCUT2D eigenvalue weighted by Crippen LogP contribution is -2.47. The zero-order valence-corrected chi connectivity index (χ0v) is 34.2. The second-order valence-electron chi connectivity index (χ2n) is 17.0. The highest BCUT2D eigenvalue weighted by molar-refractivity contribution is 6.38. The van der Waals surface area contributed by atoms with Crippen LogP contribution in [0.25, 0.3) is 0 Å². The predicted octanol–water partition coefficient (Wildman–Crippen LogP) is 9.25. The summed E-state index contributed by atoms with van der Waals surface area (Å²) in [5.41, 5.74) is 0.284. The molecular formula is C45H69NO7. The van der Waals surface area contributed by atoms with Crippen molar-refractivity contribution in [2.75, 3.05) is 6.54 Å². The quantitative estimate of drug-likeness (QED) is 0.122. The van der Waals surface area contributed by atoms with Crippen molar-refractivity contribution in [1.29, 1.82) is 0 Å². The molecule has 2 aliphatic rings. The SMILES string of the molecule is CCC.CCCC(CC(=O)[C@@H]1CCCN1C(=O)[C@@H](CC(=O)CC1CCCCC1)C(C)(C)C)C(=O)C(=O)CCC(=O)C[C@H](C(=O)C(C)C)c1ccccc1. The number of carbonyl (C=O) groups is 7. The van der Waals surface area contributed by atoms with Crippen molar-refractivity contribution in [2.24, 2.45) is 29.1 Å². The molecule has 0 N–H and O–H groups in total. The van der Waals surface area contributed by atoms with Crippen LogP contribution in [0.4, 0.5) is 0 Å². The van der Waals surface area contributed by atoms with Crippen molar-refractivity contribution in [2.45, 2.75) is 170 Å². The average molecular weight is 736 g/mol. The number of carbonyl (C=O) groups excluding carboxylic acids is 7. The van der Waals surface area contributed by atoms with Gasteiger partial charge in [-0.2, -0.15) is 0 Å². The molecule has 1 saturated carbocycles. The largest absolute Gasteiger partial charge is 0.332 e. The maximum atomic E-state index is 14.0. The molecule has 8 heteroatoms. The minimum absolute atomic E-state index is 0.0351. The van der Waals surface area contributed by atoms with Crippen LogP contribution < -0.4 is 0 Å². The van der Waals surface area contributed by atoms with Crippen molar-refractivity contribution in [1.82, 2.24) is 4.90 Å². The van der Waals surface area contributed by atoms with Gasteiger partial charge in [-0.3, -0.25) is 33.6 Å². The molecule has 0 spiro atoms. The molecule has 1 heterocycles. The molecule has 1 aliphatic heterocycles. The Hall–Kier alpha value is -3.29. The number of benzene rings is 1. The van der Waals surface area contributed by atoms with Gasteiger partial charge in [0.05, 0.1) is 6.04 Å². The zero-order chi connectivity index (χ0) is 39.7. The Balaban J connectivity index is 0.00000313. The van der Waals surface area contributed by atoms with Crippen molar-refractivity contribution in [3.05, 3.63) is 35.9 Å². The minimum atomic E-state index is -0.817. The van der Waals surface area contributed by atoms with Gasteiger partial charge in [0.15, 0.2) is 11.6 Å². The van der Waals surface area contributed by atoms with Crippen LogP contribution in [-0.4, -0.2) is 58.1 Å². The number of ketones is 6. The second kappa shape index (κ2) is 22.8. The molecule has 1 aliphatic carbocycles. The highest BCUT2D eigenvalue weighted by Gasteiger charge is 2.42. The van der Waals surface area contributed by atoms with Crippen molar-refractivity contribution < 1.29 is 33.6 Å². The molecule has 1 unspecified atom stereocenters. The number of hydrogen-bond donors (Lipinski definition) is 0. The van der Waals surface area contributed by atoms with E-state index in [2.05, 4.69) is 13.8 Å². The number of hydrogen-bond acceptors (Lipinski definition) is 7. The van der Waals surface area contributed by atoms with Crippen LogP contribution in [0.5, 0.6) is 0 Å². The van der Waals surface area contributed by atoms with Gasteiger partial charge in [0.25, 0.3) is 0 Å². The lowest BCUT2D eigenvalue weighted by Gasteiger charge is -2.35. The van der Waals surface area contributed by atoms with Gasteiger partial charge in [-0.05, 0) is 36.2 Å². The highest BCUT2D eigenvalue weighted by Crippen LogP contribution is 2.36. The third kappa shape index (κ3) is 14.8. The summed E-state index contributed by atoms with van der Waals surface area (Å²) in [5.74, 6) is -3.78. The van der Waals surface area contributed by atoms with Crippen molar-refractivity contribution >= 4 is 40.6 Å². The van der Waals surface area contributed by atoms with Gasteiger partial charge in [0.2, 0.25) is 11.7 Å². The Morgan fingerprint density at radius 2 is 1.40 bits per heavy atom. The molecule has 0 aromatic heterocycles. The standard InChI is InChI=1S/C42H61NO7.C3H8/c1-7-15-31(40(49)37(46)22-21-32(44)26-34(39(48)28(2)3)30-18-12-9-13-19-30)25-38(47)36-20-14-23-43(36)41(50)35(42(4,5)6)27-33(45)24-29-16-10-8-11-17-29;1-3-2/h9,12-13,18-19,28-29,31,34-36H,7-8,10-11,14-17,20-27H2,1-6H3;3H2,1-2H3/t31?,34-,35+,36-;/m0./s1. The molecule has 0 radical (unpaired) electrons. The van der Waals surface area contributed by atoms with E-state index in [1.807, 2.05) is 58.0 Å². The average Bonchev–Trinajstić information content (AvgIpc) is 3.62. The van der Waals surface area contributed by atoms with E-state index in [1.165, 1.54) is 12.8 Å².